The highest BCUT2D eigenvalue weighted by Gasteiger charge is 2.09. The number of ether oxygens (including phenoxy) is 1. The fourth-order valence-corrected chi connectivity index (χ4v) is 4.05. The zero-order valence-corrected chi connectivity index (χ0v) is 14.9. The Kier molecular flexibility index (Phi) is 7.68. The molecule has 1 aromatic rings. The number of benzene rings is 1. The SMILES string of the molecule is CCC(CSC)NCc1cc(Br)c(OC)c(Br)c1. The third-order valence-corrected chi connectivity index (χ3v) is 4.63. The maximum Gasteiger partial charge on any atom is 0.147 e. The fourth-order valence-electron chi connectivity index (χ4n) is 1.69. The van der Waals surface area contributed by atoms with Gasteiger partial charge < -0.3 is 10.1 Å². The molecule has 2 nitrogen and oxygen atoms in total. The number of thioether (sulfide) groups is 1. The van der Waals surface area contributed by atoms with Crippen LogP contribution in [0.3, 0.4) is 0 Å². The smallest absolute Gasteiger partial charge is 0.147 e. The summed E-state index contributed by atoms with van der Waals surface area (Å²) in [5.41, 5.74) is 1.24. The second-order valence-electron chi connectivity index (χ2n) is 4.03. The number of hydrogen-bond acceptors (Lipinski definition) is 3. The highest BCUT2D eigenvalue weighted by atomic mass is 79.9. The molecule has 0 aliphatic heterocycles. The molecule has 1 N–H and O–H groups in total. The van der Waals surface area contributed by atoms with Gasteiger partial charge in [0.25, 0.3) is 0 Å². The van der Waals surface area contributed by atoms with E-state index in [1.807, 2.05) is 11.8 Å². The van der Waals surface area contributed by atoms with Crippen molar-refractivity contribution in [3.05, 3.63) is 26.6 Å². The molecule has 18 heavy (non-hydrogen) atoms. The van der Waals surface area contributed by atoms with Gasteiger partial charge in [-0.2, -0.15) is 11.8 Å². The molecule has 0 heterocycles. The van der Waals surface area contributed by atoms with Crippen molar-refractivity contribution in [3.63, 3.8) is 0 Å². The Morgan fingerprint density at radius 2 is 1.94 bits per heavy atom. The van der Waals surface area contributed by atoms with E-state index >= 15 is 0 Å². The summed E-state index contributed by atoms with van der Waals surface area (Å²) in [5.74, 6) is 1.99. The van der Waals surface area contributed by atoms with Crippen LogP contribution in [0.15, 0.2) is 21.1 Å². The van der Waals surface area contributed by atoms with E-state index in [0.717, 1.165) is 33.4 Å². The summed E-state index contributed by atoms with van der Waals surface area (Å²) < 4.78 is 7.26. The van der Waals surface area contributed by atoms with E-state index in [-0.39, 0.29) is 0 Å². The summed E-state index contributed by atoms with van der Waals surface area (Å²) in [6.45, 7) is 3.09. The van der Waals surface area contributed by atoms with E-state index in [1.165, 1.54) is 5.56 Å². The molecular formula is C13H19Br2NOS. The van der Waals surface area contributed by atoms with Crippen molar-refractivity contribution in [1.82, 2.24) is 5.32 Å². The summed E-state index contributed by atoms with van der Waals surface area (Å²) >= 11 is 8.93. The lowest BCUT2D eigenvalue weighted by Crippen LogP contribution is -2.30. The second-order valence-corrected chi connectivity index (χ2v) is 6.65. The third-order valence-electron chi connectivity index (χ3n) is 2.72. The Hall–Kier alpha value is 0.290. The Morgan fingerprint density at radius 1 is 1.33 bits per heavy atom. The van der Waals surface area contributed by atoms with Gasteiger partial charge in [-0.1, -0.05) is 6.92 Å². The molecule has 1 rings (SSSR count). The van der Waals surface area contributed by atoms with Gasteiger partial charge in [-0.15, -0.1) is 0 Å². The lowest BCUT2D eigenvalue weighted by atomic mass is 10.2. The van der Waals surface area contributed by atoms with Gasteiger partial charge in [0.05, 0.1) is 16.1 Å². The summed E-state index contributed by atoms with van der Waals surface area (Å²) in [6, 6.07) is 4.77. The van der Waals surface area contributed by atoms with E-state index in [0.29, 0.717) is 6.04 Å². The maximum atomic E-state index is 5.30. The van der Waals surface area contributed by atoms with Gasteiger partial charge in [-0.25, -0.2) is 0 Å². The van der Waals surface area contributed by atoms with Crippen LogP contribution in [0.2, 0.25) is 0 Å². The molecular weight excluding hydrogens is 378 g/mol. The Balaban J connectivity index is 2.68. The van der Waals surface area contributed by atoms with Gasteiger partial charge in [0, 0.05) is 18.3 Å². The van der Waals surface area contributed by atoms with Crippen LogP contribution in [0.1, 0.15) is 18.9 Å². The molecule has 102 valence electrons. The Bertz CT molecular complexity index is 364. The number of nitrogens with one attached hydrogen (secondary N) is 1. The van der Waals surface area contributed by atoms with Crippen molar-refractivity contribution in [2.75, 3.05) is 19.1 Å². The zero-order chi connectivity index (χ0) is 13.5. The average molecular weight is 397 g/mol. The lowest BCUT2D eigenvalue weighted by molar-refractivity contribution is 0.409. The molecule has 0 bridgehead atoms. The van der Waals surface area contributed by atoms with Crippen LogP contribution < -0.4 is 10.1 Å². The molecule has 0 aromatic heterocycles. The molecule has 0 amide bonds. The second kappa shape index (κ2) is 8.46. The topological polar surface area (TPSA) is 21.3 Å². The van der Waals surface area contributed by atoms with Crippen LogP contribution in [-0.4, -0.2) is 25.2 Å². The zero-order valence-electron chi connectivity index (χ0n) is 10.9. The van der Waals surface area contributed by atoms with Crippen LogP contribution in [0.5, 0.6) is 5.75 Å². The molecule has 0 radical (unpaired) electrons. The number of hydrogen-bond donors (Lipinski definition) is 1. The van der Waals surface area contributed by atoms with Crippen molar-refractivity contribution in [2.45, 2.75) is 25.9 Å². The van der Waals surface area contributed by atoms with Gasteiger partial charge in [-0.05, 0) is 62.2 Å². The van der Waals surface area contributed by atoms with E-state index in [2.05, 4.69) is 62.5 Å². The van der Waals surface area contributed by atoms with E-state index in [1.54, 1.807) is 7.11 Å². The normalized spacial score (nSPS) is 12.5. The van der Waals surface area contributed by atoms with Gasteiger partial charge in [0.1, 0.15) is 5.75 Å². The molecule has 5 heteroatoms. The first-order valence-electron chi connectivity index (χ1n) is 5.86. The first-order chi connectivity index (χ1) is 8.62. The predicted octanol–water partition coefficient (Wildman–Crippen LogP) is 4.45. The highest BCUT2D eigenvalue weighted by Crippen LogP contribution is 2.34. The Morgan fingerprint density at radius 3 is 2.39 bits per heavy atom. The summed E-state index contributed by atoms with van der Waals surface area (Å²) in [6.07, 6.45) is 3.30. The minimum atomic E-state index is 0.569. The first kappa shape index (κ1) is 16.3. The molecule has 0 spiro atoms. The van der Waals surface area contributed by atoms with Crippen molar-refractivity contribution in [1.29, 1.82) is 0 Å². The molecule has 0 fully saturated rings. The molecule has 0 aliphatic rings. The summed E-state index contributed by atoms with van der Waals surface area (Å²) in [7, 11) is 1.67. The first-order valence-corrected chi connectivity index (χ1v) is 8.84. The van der Waals surface area contributed by atoms with Crippen LogP contribution in [-0.2, 0) is 6.54 Å². The number of halogens is 2. The monoisotopic (exact) mass is 395 g/mol. The van der Waals surface area contributed by atoms with Crippen LogP contribution >= 0.6 is 43.6 Å². The minimum absolute atomic E-state index is 0.569. The molecule has 0 aliphatic carbocycles. The van der Waals surface area contributed by atoms with Gasteiger partial charge >= 0.3 is 0 Å². The molecule has 0 saturated heterocycles. The third kappa shape index (κ3) is 4.76. The maximum absolute atomic E-state index is 5.30. The van der Waals surface area contributed by atoms with Crippen molar-refractivity contribution < 1.29 is 4.74 Å². The van der Waals surface area contributed by atoms with E-state index in [9.17, 15) is 0 Å². The lowest BCUT2D eigenvalue weighted by Gasteiger charge is -2.16. The van der Waals surface area contributed by atoms with Crippen molar-refractivity contribution in [3.8, 4) is 5.75 Å². The van der Waals surface area contributed by atoms with Gasteiger partial charge in [0.15, 0.2) is 0 Å². The Labute approximate surface area is 131 Å². The standard InChI is InChI=1S/C13H19Br2NOS/c1-4-10(8-18-3)16-7-9-5-11(14)13(17-2)12(15)6-9/h5-6,10,16H,4,7-8H2,1-3H3. The molecule has 0 saturated carbocycles. The molecule has 1 unspecified atom stereocenters. The van der Waals surface area contributed by atoms with Crippen LogP contribution in [0.25, 0.3) is 0 Å². The highest BCUT2D eigenvalue weighted by molar-refractivity contribution is 9.11. The minimum Gasteiger partial charge on any atom is -0.494 e. The fraction of sp³-hybridized carbons (Fsp3) is 0.538. The number of methoxy groups -OCH3 is 1. The largest absolute Gasteiger partial charge is 0.494 e. The van der Waals surface area contributed by atoms with Crippen LogP contribution in [0.4, 0.5) is 0 Å². The van der Waals surface area contributed by atoms with Gasteiger partial charge in [-0.3, -0.25) is 0 Å². The van der Waals surface area contributed by atoms with Gasteiger partial charge in [0.2, 0.25) is 0 Å². The van der Waals surface area contributed by atoms with Crippen LogP contribution in [0, 0.1) is 0 Å². The molecule has 1 aromatic carbocycles. The van der Waals surface area contributed by atoms with Crippen molar-refractivity contribution >= 4 is 43.6 Å². The summed E-state index contributed by atoms with van der Waals surface area (Å²) in [4.78, 5) is 0. The van der Waals surface area contributed by atoms with Crippen molar-refractivity contribution in [2.24, 2.45) is 0 Å². The predicted molar refractivity (Wildman–Crippen MR) is 87.7 cm³/mol. The van der Waals surface area contributed by atoms with E-state index in [4.69, 9.17) is 4.74 Å². The van der Waals surface area contributed by atoms with E-state index < -0.39 is 0 Å². The number of rotatable bonds is 7. The summed E-state index contributed by atoms with van der Waals surface area (Å²) in [5, 5.41) is 3.58. The molecule has 1 atom stereocenters. The average Bonchev–Trinajstić information content (AvgIpc) is 2.34. The quantitative estimate of drug-likeness (QED) is 0.735.